The summed E-state index contributed by atoms with van der Waals surface area (Å²) >= 11 is 0. The molecule has 0 radical (unpaired) electrons. The number of anilines is 1. The number of carbonyl (C=O) groups is 1. The first-order valence-corrected chi connectivity index (χ1v) is 16.6. The molecular weight excluding hydrogens is 605 g/mol. The standard InChI is InChI=1S/C33H39F3N4O4S/c1-22-20-38-21-24(40(22)45(42,43)25-8-3-2-4-9-25)7-5-10-26-27(34)11-6-12-30(26)39-32(41)31(37)33(15-17-44-18-16-33)23-13-14-28(35)29(36)19-23/h2-4,6,8-9,11-14,19,22,24,31,38H,5,7,10,15-18,20-21,37H2,1H3,(H,39,41)/t22-,24-,31+/m0/s1. The molecule has 0 unspecified atom stereocenters. The number of rotatable bonds is 10. The molecule has 3 aromatic rings. The first-order valence-electron chi connectivity index (χ1n) is 15.2. The molecule has 242 valence electrons. The highest BCUT2D eigenvalue weighted by Gasteiger charge is 2.44. The van der Waals surface area contributed by atoms with E-state index in [4.69, 9.17) is 10.5 Å². The minimum atomic E-state index is -3.75. The number of nitrogens with two attached hydrogens (primary N) is 1. The molecular formula is C33H39F3N4O4S. The van der Waals surface area contributed by atoms with Crippen molar-refractivity contribution in [3.8, 4) is 0 Å². The molecule has 2 aliphatic rings. The van der Waals surface area contributed by atoms with E-state index in [0.29, 0.717) is 44.3 Å². The van der Waals surface area contributed by atoms with Gasteiger partial charge in [-0.15, -0.1) is 0 Å². The Labute approximate surface area is 262 Å². The zero-order chi connectivity index (χ0) is 32.2. The Hall–Kier alpha value is -3.29. The van der Waals surface area contributed by atoms with Gasteiger partial charge in [-0.3, -0.25) is 4.79 Å². The second kappa shape index (κ2) is 14.0. The van der Waals surface area contributed by atoms with Gasteiger partial charge in [0.25, 0.3) is 0 Å². The van der Waals surface area contributed by atoms with Crippen LogP contribution >= 0.6 is 0 Å². The van der Waals surface area contributed by atoms with Gasteiger partial charge in [-0.25, -0.2) is 21.6 Å². The van der Waals surface area contributed by atoms with Crippen LogP contribution in [0.25, 0.3) is 0 Å². The Morgan fingerprint density at radius 1 is 1.02 bits per heavy atom. The summed E-state index contributed by atoms with van der Waals surface area (Å²) in [6.45, 7) is 3.42. The maximum Gasteiger partial charge on any atom is 0.243 e. The van der Waals surface area contributed by atoms with Gasteiger partial charge in [0.2, 0.25) is 15.9 Å². The monoisotopic (exact) mass is 644 g/mol. The van der Waals surface area contributed by atoms with Gasteiger partial charge in [-0.2, -0.15) is 4.31 Å². The van der Waals surface area contributed by atoms with Gasteiger partial charge >= 0.3 is 0 Å². The van der Waals surface area contributed by atoms with Gasteiger partial charge in [0, 0.05) is 55.1 Å². The summed E-state index contributed by atoms with van der Waals surface area (Å²) in [4.78, 5) is 13.8. The van der Waals surface area contributed by atoms with Gasteiger partial charge in [-0.05, 0) is 81.0 Å². The predicted octanol–water partition coefficient (Wildman–Crippen LogP) is 4.49. The number of halogens is 3. The molecule has 12 heteroatoms. The zero-order valence-corrected chi connectivity index (χ0v) is 26.0. The number of nitrogens with one attached hydrogen (secondary N) is 2. The molecule has 8 nitrogen and oxygen atoms in total. The topological polar surface area (TPSA) is 114 Å². The van der Waals surface area contributed by atoms with Crippen LogP contribution in [0.1, 0.15) is 43.7 Å². The van der Waals surface area contributed by atoms with Gasteiger partial charge in [0.15, 0.2) is 11.6 Å². The first kappa shape index (κ1) is 33.1. The normalized spacial score (nSPS) is 21.3. The number of nitrogens with zero attached hydrogens (tertiary/aromatic N) is 1. The van der Waals surface area contributed by atoms with Crippen molar-refractivity contribution in [1.82, 2.24) is 9.62 Å². The average molecular weight is 645 g/mol. The smallest absolute Gasteiger partial charge is 0.243 e. The van der Waals surface area contributed by atoms with E-state index >= 15 is 4.39 Å². The van der Waals surface area contributed by atoms with Crippen molar-refractivity contribution in [2.45, 2.75) is 67.5 Å². The Kier molecular flexibility index (Phi) is 10.3. The van der Waals surface area contributed by atoms with Crippen molar-refractivity contribution in [3.63, 3.8) is 0 Å². The number of amides is 1. The third-order valence-corrected chi connectivity index (χ3v) is 11.1. The Balaban J connectivity index is 1.32. The molecule has 0 aromatic heterocycles. The highest BCUT2D eigenvalue weighted by atomic mass is 32.2. The number of hydrogen-bond acceptors (Lipinski definition) is 6. The predicted molar refractivity (Wildman–Crippen MR) is 166 cm³/mol. The fraction of sp³-hybridized carbons (Fsp3) is 0.424. The molecule has 0 bridgehead atoms. The molecule has 3 aromatic carbocycles. The van der Waals surface area contributed by atoms with Crippen molar-refractivity contribution >= 4 is 21.6 Å². The molecule has 3 atom stereocenters. The highest BCUT2D eigenvalue weighted by Crippen LogP contribution is 2.39. The second-order valence-electron chi connectivity index (χ2n) is 11.8. The first-order chi connectivity index (χ1) is 21.5. The highest BCUT2D eigenvalue weighted by molar-refractivity contribution is 7.89. The summed E-state index contributed by atoms with van der Waals surface area (Å²) in [7, 11) is -3.75. The van der Waals surface area contributed by atoms with E-state index in [1.807, 2.05) is 6.92 Å². The summed E-state index contributed by atoms with van der Waals surface area (Å²) in [5, 5.41) is 6.09. The lowest BCUT2D eigenvalue weighted by Crippen LogP contribution is -2.58. The van der Waals surface area contributed by atoms with Crippen molar-refractivity contribution in [2.24, 2.45) is 5.73 Å². The Morgan fingerprint density at radius 3 is 2.47 bits per heavy atom. The Morgan fingerprint density at radius 2 is 1.76 bits per heavy atom. The lowest BCUT2D eigenvalue weighted by atomic mass is 9.68. The SMILES string of the molecule is C[C@H]1CNC[C@H](CCCc2c(F)cccc2NC(=O)[C@@H](N)C2(c3ccc(F)c(F)c3)CCOCC2)N1S(=O)(=O)c1ccccc1. The van der Waals surface area contributed by atoms with E-state index in [2.05, 4.69) is 10.6 Å². The quantitative estimate of drug-likeness (QED) is 0.300. The summed E-state index contributed by atoms with van der Waals surface area (Å²) in [6, 6.07) is 14.4. The summed E-state index contributed by atoms with van der Waals surface area (Å²) in [5.74, 6) is -3.12. The van der Waals surface area contributed by atoms with Crippen LogP contribution < -0.4 is 16.4 Å². The van der Waals surface area contributed by atoms with E-state index in [1.165, 1.54) is 18.2 Å². The van der Waals surface area contributed by atoms with Gasteiger partial charge < -0.3 is 21.1 Å². The molecule has 2 fully saturated rings. The van der Waals surface area contributed by atoms with E-state index < -0.39 is 44.8 Å². The van der Waals surface area contributed by atoms with E-state index in [-0.39, 0.29) is 47.9 Å². The summed E-state index contributed by atoms with van der Waals surface area (Å²) < 4.78 is 77.3. The van der Waals surface area contributed by atoms with Crippen molar-refractivity contribution in [3.05, 3.63) is 95.3 Å². The van der Waals surface area contributed by atoms with Crippen molar-refractivity contribution in [1.29, 1.82) is 0 Å². The minimum Gasteiger partial charge on any atom is -0.381 e. The maximum atomic E-state index is 15.2. The number of sulfonamides is 1. The maximum absolute atomic E-state index is 15.2. The molecule has 1 amide bonds. The van der Waals surface area contributed by atoms with Crippen LogP contribution in [0.2, 0.25) is 0 Å². The number of benzene rings is 3. The second-order valence-corrected chi connectivity index (χ2v) is 13.7. The molecule has 0 saturated carbocycles. The lowest BCUT2D eigenvalue weighted by Gasteiger charge is -2.41. The van der Waals surface area contributed by atoms with Gasteiger partial charge in [0.1, 0.15) is 5.82 Å². The van der Waals surface area contributed by atoms with Crippen LogP contribution in [0.5, 0.6) is 0 Å². The Bertz CT molecular complexity index is 1600. The van der Waals surface area contributed by atoms with Crippen LogP contribution in [0.4, 0.5) is 18.9 Å². The van der Waals surface area contributed by atoms with Crippen LogP contribution in [0.3, 0.4) is 0 Å². The summed E-state index contributed by atoms with van der Waals surface area (Å²) in [6.07, 6.45) is 1.79. The fourth-order valence-electron chi connectivity index (χ4n) is 6.60. The molecule has 0 aliphatic carbocycles. The number of ether oxygens (including phenoxy) is 1. The molecule has 4 N–H and O–H groups in total. The average Bonchev–Trinajstić information content (AvgIpc) is 3.04. The third-order valence-electron chi connectivity index (χ3n) is 9.03. The minimum absolute atomic E-state index is 0.227. The van der Waals surface area contributed by atoms with E-state index in [1.54, 1.807) is 40.7 Å². The van der Waals surface area contributed by atoms with Crippen LogP contribution in [-0.4, -0.2) is 63.1 Å². The van der Waals surface area contributed by atoms with E-state index in [0.717, 1.165) is 12.1 Å². The molecule has 2 aliphatic heterocycles. The van der Waals surface area contributed by atoms with Crippen LogP contribution in [0.15, 0.2) is 71.6 Å². The van der Waals surface area contributed by atoms with E-state index in [9.17, 15) is 22.0 Å². The zero-order valence-electron chi connectivity index (χ0n) is 25.1. The molecule has 5 rings (SSSR count). The lowest BCUT2D eigenvalue weighted by molar-refractivity contribution is -0.120. The number of hydrogen-bond donors (Lipinski definition) is 3. The molecule has 45 heavy (non-hydrogen) atoms. The van der Waals surface area contributed by atoms with Crippen molar-refractivity contribution < 1.29 is 31.1 Å². The molecule has 2 saturated heterocycles. The van der Waals surface area contributed by atoms with Crippen LogP contribution in [-0.2, 0) is 31.4 Å². The largest absolute Gasteiger partial charge is 0.381 e. The van der Waals surface area contributed by atoms with Crippen LogP contribution in [0, 0.1) is 17.5 Å². The third kappa shape index (κ3) is 6.95. The number of piperazine rings is 1. The van der Waals surface area contributed by atoms with Crippen molar-refractivity contribution in [2.75, 3.05) is 31.6 Å². The molecule has 2 heterocycles. The van der Waals surface area contributed by atoms with Gasteiger partial charge in [-0.1, -0.05) is 30.3 Å². The fourth-order valence-corrected chi connectivity index (χ4v) is 8.47. The van der Waals surface area contributed by atoms with Gasteiger partial charge in [0.05, 0.1) is 10.9 Å². The molecule has 0 spiro atoms. The number of carbonyl (C=O) groups excluding carboxylic acids is 1. The summed E-state index contributed by atoms with van der Waals surface area (Å²) in [5.41, 5.74) is 6.47.